The van der Waals surface area contributed by atoms with E-state index in [0.717, 1.165) is 53.8 Å². The number of anilines is 2. The highest BCUT2D eigenvalue weighted by molar-refractivity contribution is 9.10. The Morgan fingerprint density at radius 2 is 1.78 bits per heavy atom. The van der Waals surface area contributed by atoms with Crippen LogP contribution in [-0.4, -0.2) is 50.9 Å². The lowest BCUT2D eigenvalue weighted by atomic mass is 10.2. The summed E-state index contributed by atoms with van der Waals surface area (Å²) in [6.45, 7) is 5.06. The highest BCUT2D eigenvalue weighted by atomic mass is 79.9. The van der Waals surface area contributed by atoms with Gasteiger partial charge in [0.25, 0.3) is 0 Å². The van der Waals surface area contributed by atoms with E-state index in [2.05, 4.69) is 51.8 Å². The van der Waals surface area contributed by atoms with Gasteiger partial charge < -0.3 is 9.80 Å². The van der Waals surface area contributed by atoms with Crippen molar-refractivity contribution < 1.29 is 0 Å². The van der Waals surface area contributed by atoms with Crippen LogP contribution in [0.25, 0.3) is 5.82 Å². The van der Waals surface area contributed by atoms with Gasteiger partial charge in [-0.3, -0.25) is 0 Å². The minimum Gasteiger partial charge on any atom is -0.353 e. The molecular formula is C18H17BrN8. The standard InChI is InChI=1S/C18H17BrN8/c1-13-2-3-27(24-13)17-9-16(22-12-23-17)25-4-6-26(7-5-25)18-14(10-20)8-15(19)11-21-18/h2-3,8-9,11-12H,4-7H2,1H3. The number of rotatable bonds is 3. The van der Waals surface area contributed by atoms with Gasteiger partial charge in [0.2, 0.25) is 0 Å². The zero-order valence-electron chi connectivity index (χ0n) is 14.7. The van der Waals surface area contributed by atoms with Crippen LogP contribution >= 0.6 is 15.9 Å². The van der Waals surface area contributed by atoms with Crippen LogP contribution in [0.2, 0.25) is 0 Å². The summed E-state index contributed by atoms with van der Waals surface area (Å²) >= 11 is 3.37. The molecule has 0 N–H and O–H groups in total. The molecule has 27 heavy (non-hydrogen) atoms. The second-order valence-corrected chi connectivity index (χ2v) is 7.16. The van der Waals surface area contributed by atoms with E-state index in [9.17, 15) is 5.26 Å². The van der Waals surface area contributed by atoms with Gasteiger partial charge in [-0.05, 0) is 35.0 Å². The van der Waals surface area contributed by atoms with Crippen molar-refractivity contribution in [3.05, 3.63) is 52.7 Å². The first-order chi connectivity index (χ1) is 13.1. The van der Waals surface area contributed by atoms with Gasteiger partial charge in [-0.2, -0.15) is 10.4 Å². The molecule has 0 bridgehead atoms. The number of hydrogen-bond acceptors (Lipinski definition) is 7. The number of nitrogens with zero attached hydrogens (tertiary/aromatic N) is 8. The maximum absolute atomic E-state index is 9.37. The molecule has 0 aliphatic carbocycles. The lowest BCUT2D eigenvalue weighted by molar-refractivity contribution is 0.639. The van der Waals surface area contributed by atoms with E-state index < -0.39 is 0 Å². The summed E-state index contributed by atoms with van der Waals surface area (Å²) in [5.41, 5.74) is 1.52. The lowest BCUT2D eigenvalue weighted by Crippen LogP contribution is -2.47. The van der Waals surface area contributed by atoms with Crippen LogP contribution in [0.15, 0.2) is 41.4 Å². The molecule has 3 aromatic rings. The van der Waals surface area contributed by atoms with Gasteiger partial charge in [0.15, 0.2) is 5.82 Å². The van der Waals surface area contributed by atoms with Crippen molar-refractivity contribution in [3.8, 4) is 11.9 Å². The molecule has 1 fully saturated rings. The second-order valence-electron chi connectivity index (χ2n) is 6.25. The van der Waals surface area contributed by atoms with Gasteiger partial charge in [0, 0.05) is 49.1 Å². The molecule has 1 aliphatic rings. The molecule has 0 amide bonds. The van der Waals surface area contributed by atoms with E-state index in [1.54, 1.807) is 23.3 Å². The van der Waals surface area contributed by atoms with Gasteiger partial charge in [0.1, 0.15) is 24.0 Å². The Bertz CT molecular complexity index is 1000. The normalized spacial score (nSPS) is 14.3. The number of aromatic nitrogens is 5. The first-order valence-electron chi connectivity index (χ1n) is 8.54. The zero-order chi connectivity index (χ0) is 18.8. The largest absolute Gasteiger partial charge is 0.353 e. The maximum atomic E-state index is 9.37. The van der Waals surface area contributed by atoms with Gasteiger partial charge in [-0.25, -0.2) is 19.6 Å². The van der Waals surface area contributed by atoms with Crippen LogP contribution in [0, 0.1) is 18.3 Å². The van der Waals surface area contributed by atoms with Gasteiger partial charge in [0.05, 0.1) is 11.3 Å². The molecule has 4 rings (SSSR count). The molecule has 0 radical (unpaired) electrons. The Hall–Kier alpha value is -2.99. The smallest absolute Gasteiger partial charge is 0.158 e. The molecule has 136 valence electrons. The third-order valence-electron chi connectivity index (χ3n) is 4.45. The number of aryl methyl sites for hydroxylation is 1. The summed E-state index contributed by atoms with van der Waals surface area (Å²) in [6.07, 6.45) is 5.19. The Labute approximate surface area is 165 Å². The van der Waals surface area contributed by atoms with Crippen LogP contribution in [-0.2, 0) is 0 Å². The van der Waals surface area contributed by atoms with Crippen molar-refractivity contribution in [2.75, 3.05) is 36.0 Å². The molecular weight excluding hydrogens is 408 g/mol. The summed E-state index contributed by atoms with van der Waals surface area (Å²) in [7, 11) is 0. The third-order valence-corrected chi connectivity index (χ3v) is 4.89. The van der Waals surface area contributed by atoms with Gasteiger partial charge in [-0.1, -0.05) is 0 Å². The van der Waals surface area contributed by atoms with Crippen LogP contribution < -0.4 is 9.80 Å². The van der Waals surface area contributed by atoms with Crippen LogP contribution in [0.3, 0.4) is 0 Å². The highest BCUT2D eigenvalue weighted by Gasteiger charge is 2.22. The molecule has 0 atom stereocenters. The molecule has 1 aliphatic heterocycles. The molecule has 1 saturated heterocycles. The molecule has 3 aromatic heterocycles. The molecule has 0 unspecified atom stereocenters. The van der Waals surface area contributed by atoms with E-state index in [0.29, 0.717) is 5.56 Å². The van der Waals surface area contributed by atoms with Crippen LogP contribution in [0.5, 0.6) is 0 Å². The van der Waals surface area contributed by atoms with E-state index in [-0.39, 0.29) is 0 Å². The number of nitriles is 1. The van der Waals surface area contributed by atoms with Gasteiger partial charge in [-0.15, -0.1) is 0 Å². The molecule has 0 saturated carbocycles. The summed E-state index contributed by atoms with van der Waals surface area (Å²) in [5.74, 6) is 2.35. The third kappa shape index (κ3) is 3.61. The summed E-state index contributed by atoms with van der Waals surface area (Å²) in [5, 5.41) is 13.8. The predicted octanol–water partition coefficient (Wildman–Crippen LogP) is 2.33. The SMILES string of the molecule is Cc1ccn(-c2cc(N3CCN(c4ncc(Br)cc4C#N)CC3)ncn2)n1. The summed E-state index contributed by atoms with van der Waals surface area (Å²) < 4.78 is 2.56. The quantitative estimate of drug-likeness (QED) is 0.637. The number of hydrogen-bond donors (Lipinski definition) is 0. The van der Waals surface area contributed by atoms with Crippen molar-refractivity contribution >= 4 is 27.6 Å². The Balaban J connectivity index is 1.49. The average Bonchev–Trinajstić information content (AvgIpc) is 3.14. The van der Waals surface area contributed by atoms with E-state index >= 15 is 0 Å². The Kier molecular flexibility index (Phi) is 4.73. The monoisotopic (exact) mass is 424 g/mol. The summed E-state index contributed by atoms with van der Waals surface area (Å²) in [4.78, 5) is 17.5. The van der Waals surface area contributed by atoms with Crippen molar-refractivity contribution in [2.45, 2.75) is 6.92 Å². The van der Waals surface area contributed by atoms with Crippen molar-refractivity contribution in [1.82, 2.24) is 24.7 Å². The van der Waals surface area contributed by atoms with Crippen LogP contribution in [0.4, 0.5) is 11.6 Å². The molecule has 0 spiro atoms. The van der Waals surface area contributed by atoms with E-state index in [1.807, 2.05) is 25.3 Å². The minimum atomic E-state index is 0.580. The van der Waals surface area contributed by atoms with E-state index in [1.165, 1.54) is 0 Å². The second kappa shape index (κ2) is 7.32. The number of halogens is 1. The van der Waals surface area contributed by atoms with Crippen molar-refractivity contribution in [2.24, 2.45) is 0 Å². The van der Waals surface area contributed by atoms with Gasteiger partial charge >= 0.3 is 0 Å². The molecule has 4 heterocycles. The number of piperazine rings is 1. The lowest BCUT2D eigenvalue weighted by Gasteiger charge is -2.36. The minimum absolute atomic E-state index is 0.580. The first-order valence-corrected chi connectivity index (χ1v) is 9.33. The Morgan fingerprint density at radius 3 is 2.48 bits per heavy atom. The molecule has 9 heteroatoms. The Morgan fingerprint density at radius 1 is 1.04 bits per heavy atom. The number of pyridine rings is 1. The average molecular weight is 425 g/mol. The fourth-order valence-electron chi connectivity index (χ4n) is 3.09. The van der Waals surface area contributed by atoms with Crippen LogP contribution in [0.1, 0.15) is 11.3 Å². The topological polar surface area (TPSA) is 86.8 Å². The first kappa shape index (κ1) is 17.4. The van der Waals surface area contributed by atoms with Crippen molar-refractivity contribution in [1.29, 1.82) is 5.26 Å². The fourth-order valence-corrected chi connectivity index (χ4v) is 3.42. The van der Waals surface area contributed by atoms with E-state index in [4.69, 9.17) is 0 Å². The fraction of sp³-hybridized carbons (Fsp3) is 0.278. The van der Waals surface area contributed by atoms with Crippen molar-refractivity contribution in [3.63, 3.8) is 0 Å². The highest BCUT2D eigenvalue weighted by Crippen LogP contribution is 2.23. The predicted molar refractivity (Wildman–Crippen MR) is 105 cm³/mol. The zero-order valence-corrected chi connectivity index (χ0v) is 16.3. The maximum Gasteiger partial charge on any atom is 0.158 e. The summed E-state index contributed by atoms with van der Waals surface area (Å²) in [6, 6.07) is 7.92. The molecule has 8 nitrogen and oxygen atoms in total. The molecule has 0 aromatic carbocycles.